The summed E-state index contributed by atoms with van der Waals surface area (Å²) in [6.45, 7) is 9.60. The van der Waals surface area contributed by atoms with E-state index in [1.54, 1.807) is 0 Å². The molecule has 0 spiro atoms. The highest BCUT2D eigenvalue weighted by Crippen LogP contribution is 2.26. The molecule has 0 saturated heterocycles. The third kappa shape index (κ3) is 11.1. The Labute approximate surface area is 216 Å². The Balaban J connectivity index is 0.000000826. The van der Waals surface area contributed by atoms with Crippen molar-refractivity contribution in [2.45, 2.75) is 59.9 Å². The number of para-hydroxylation sites is 1. The first-order valence-corrected chi connectivity index (χ1v) is 12.6. The van der Waals surface area contributed by atoms with Crippen molar-refractivity contribution in [3.05, 3.63) is 65.2 Å². The molecule has 2 aromatic rings. The first kappa shape index (κ1) is 30.9. The minimum Gasteiger partial charge on any atom is -0.400 e. The highest BCUT2D eigenvalue weighted by atomic mass is 16.3. The molecule has 0 atom stereocenters. The number of nitrogens with one attached hydrogen (secondary N) is 1. The van der Waals surface area contributed by atoms with Crippen LogP contribution in [0, 0.1) is 23.7 Å². The van der Waals surface area contributed by atoms with Gasteiger partial charge in [0.1, 0.15) is 0 Å². The standard InChI is InChI=1S/C25H28N2O2.C4H10O.CH4O/c1-19(2)17-26-24(28)13-7-8-14-25(29)27-18-22-11-4-3-9-20(22)15-16-21-10-5-6-12-23(21)27;1-4(2)3-5;1-2/h3-6,9-12,19H,7-8,13-14,17-18H2,1-2H3,(H,26,28);4-5H,3H2,1-2H3;2H,1H3. The molecule has 196 valence electrons. The van der Waals surface area contributed by atoms with Crippen molar-refractivity contribution in [1.82, 2.24) is 5.32 Å². The molecule has 2 aromatic carbocycles. The minimum atomic E-state index is 0.0620. The molecule has 1 aliphatic rings. The lowest BCUT2D eigenvalue weighted by Crippen LogP contribution is -2.31. The predicted octanol–water partition coefficient (Wildman–Crippen LogP) is 4.51. The van der Waals surface area contributed by atoms with Crippen molar-refractivity contribution < 1.29 is 19.8 Å². The molecule has 0 fully saturated rings. The molecule has 3 rings (SSSR count). The van der Waals surface area contributed by atoms with E-state index in [1.165, 1.54) is 0 Å². The Hall–Kier alpha value is -3.14. The average Bonchev–Trinajstić information content (AvgIpc) is 2.88. The molecule has 1 heterocycles. The van der Waals surface area contributed by atoms with Crippen LogP contribution in [-0.2, 0) is 16.1 Å². The molecule has 0 aliphatic carbocycles. The number of carbonyl (C=O) groups excluding carboxylic acids is 2. The minimum absolute atomic E-state index is 0.0620. The third-order valence-corrected chi connectivity index (χ3v) is 5.29. The van der Waals surface area contributed by atoms with E-state index < -0.39 is 0 Å². The number of rotatable bonds is 8. The number of anilines is 1. The Morgan fingerprint density at radius 3 is 2.08 bits per heavy atom. The number of aliphatic hydroxyl groups excluding tert-OH is 2. The topological polar surface area (TPSA) is 89.9 Å². The van der Waals surface area contributed by atoms with Gasteiger partial charge in [-0.05, 0) is 48.4 Å². The number of amides is 2. The maximum Gasteiger partial charge on any atom is 0.227 e. The zero-order valence-corrected chi connectivity index (χ0v) is 22.4. The van der Waals surface area contributed by atoms with Crippen LogP contribution in [0.5, 0.6) is 0 Å². The molecule has 0 saturated carbocycles. The van der Waals surface area contributed by atoms with Gasteiger partial charge in [0.25, 0.3) is 0 Å². The highest BCUT2D eigenvalue weighted by molar-refractivity contribution is 5.95. The lowest BCUT2D eigenvalue weighted by atomic mass is 10.0. The summed E-state index contributed by atoms with van der Waals surface area (Å²) in [6, 6.07) is 15.8. The first-order chi connectivity index (χ1) is 17.3. The SMILES string of the molecule is CC(C)CNC(=O)CCCCC(=O)N1Cc2ccccc2C#Cc2ccccc21.CC(C)CO.CO. The summed E-state index contributed by atoms with van der Waals surface area (Å²) in [5, 5.41) is 18.1. The van der Waals surface area contributed by atoms with Crippen LogP contribution in [0.4, 0.5) is 5.69 Å². The largest absolute Gasteiger partial charge is 0.400 e. The molecule has 0 radical (unpaired) electrons. The predicted molar refractivity (Wildman–Crippen MR) is 146 cm³/mol. The fraction of sp³-hybridized carbons (Fsp3) is 0.467. The summed E-state index contributed by atoms with van der Waals surface area (Å²) < 4.78 is 0. The van der Waals surface area contributed by atoms with Gasteiger partial charge in [0, 0.05) is 44.2 Å². The second kappa shape index (κ2) is 17.3. The van der Waals surface area contributed by atoms with E-state index in [4.69, 9.17) is 10.2 Å². The molecule has 6 nitrogen and oxygen atoms in total. The van der Waals surface area contributed by atoms with Gasteiger partial charge in [0.2, 0.25) is 11.8 Å². The summed E-state index contributed by atoms with van der Waals surface area (Å²) in [4.78, 5) is 26.8. The lowest BCUT2D eigenvalue weighted by Gasteiger charge is -2.26. The van der Waals surface area contributed by atoms with Gasteiger partial charge < -0.3 is 20.4 Å². The fourth-order valence-corrected chi connectivity index (χ4v) is 3.31. The smallest absolute Gasteiger partial charge is 0.227 e. The molecule has 0 bridgehead atoms. The van der Waals surface area contributed by atoms with Gasteiger partial charge in [0.15, 0.2) is 0 Å². The van der Waals surface area contributed by atoms with Crippen LogP contribution in [0.25, 0.3) is 0 Å². The maximum atomic E-state index is 13.1. The highest BCUT2D eigenvalue weighted by Gasteiger charge is 2.20. The molecule has 36 heavy (non-hydrogen) atoms. The van der Waals surface area contributed by atoms with E-state index in [-0.39, 0.29) is 11.8 Å². The molecular formula is C30H42N2O4. The van der Waals surface area contributed by atoms with Crippen LogP contribution in [0.3, 0.4) is 0 Å². The summed E-state index contributed by atoms with van der Waals surface area (Å²) in [7, 11) is 1.00. The molecule has 2 amide bonds. The number of unbranched alkanes of at least 4 members (excludes halogenated alkanes) is 1. The molecule has 1 aliphatic heterocycles. The molecule has 3 N–H and O–H groups in total. The van der Waals surface area contributed by atoms with Gasteiger partial charge in [-0.2, -0.15) is 0 Å². The van der Waals surface area contributed by atoms with E-state index in [2.05, 4.69) is 31.0 Å². The van der Waals surface area contributed by atoms with E-state index >= 15 is 0 Å². The van der Waals surface area contributed by atoms with Gasteiger partial charge >= 0.3 is 0 Å². The first-order valence-electron chi connectivity index (χ1n) is 12.6. The average molecular weight is 495 g/mol. The van der Waals surface area contributed by atoms with Crippen LogP contribution in [0.2, 0.25) is 0 Å². The van der Waals surface area contributed by atoms with E-state index in [1.807, 2.05) is 67.3 Å². The molecule has 0 aromatic heterocycles. The summed E-state index contributed by atoms with van der Waals surface area (Å²) in [6.07, 6.45) is 2.29. The van der Waals surface area contributed by atoms with Crippen molar-refractivity contribution in [3.8, 4) is 11.8 Å². The van der Waals surface area contributed by atoms with Crippen LogP contribution in [0.15, 0.2) is 48.5 Å². The number of nitrogens with zero attached hydrogens (tertiary/aromatic N) is 1. The molecule has 6 heteroatoms. The van der Waals surface area contributed by atoms with Crippen LogP contribution in [0.1, 0.15) is 70.1 Å². The number of hydrogen-bond donors (Lipinski definition) is 3. The van der Waals surface area contributed by atoms with Crippen molar-refractivity contribution >= 4 is 17.5 Å². The number of aliphatic hydroxyl groups is 2. The quantitative estimate of drug-likeness (QED) is 0.372. The molecule has 0 unspecified atom stereocenters. The Morgan fingerprint density at radius 2 is 1.44 bits per heavy atom. The van der Waals surface area contributed by atoms with Crippen molar-refractivity contribution in [1.29, 1.82) is 0 Å². The number of hydrogen-bond acceptors (Lipinski definition) is 4. The van der Waals surface area contributed by atoms with Gasteiger partial charge in [-0.1, -0.05) is 69.9 Å². The Bertz CT molecular complexity index is 1010. The normalized spacial score (nSPS) is 11.3. The Kier molecular flexibility index (Phi) is 14.9. The zero-order chi connectivity index (χ0) is 26.9. The van der Waals surface area contributed by atoms with Gasteiger partial charge in [0.05, 0.1) is 12.2 Å². The second-order valence-electron chi connectivity index (χ2n) is 9.39. The maximum absolute atomic E-state index is 13.1. The summed E-state index contributed by atoms with van der Waals surface area (Å²) in [5.74, 6) is 7.46. The summed E-state index contributed by atoms with van der Waals surface area (Å²) >= 11 is 0. The fourth-order valence-electron chi connectivity index (χ4n) is 3.31. The van der Waals surface area contributed by atoms with Gasteiger partial charge in [-0.25, -0.2) is 0 Å². The van der Waals surface area contributed by atoms with Gasteiger partial charge in [-0.3, -0.25) is 9.59 Å². The number of carbonyl (C=O) groups is 2. The third-order valence-electron chi connectivity index (χ3n) is 5.29. The lowest BCUT2D eigenvalue weighted by molar-refractivity contribution is -0.122. The van der Waals surface area contributed by atoms with E-state index in [0.29, 0.717) is 57.2 Å². The Morgan fingerprint density at radius 1 is 0.889 bits per heavy atom. The van der Waals surface area contributed by atoms with Crippen molar-refractivity contribution in [2.24, 2.45) is 11.8 Å². The monoisotopic (exact) mass is 494 g/mol. The van der Waals surface area contributed by atoms with Gasteiger partial charge in [-0.15, -0.1) is 0 Å². The van der Waals surface area contributed by atoms with E-state index in [9.17, 15) is 9.59 Å². The van der Waals surface area contributed by atoms with E-state index in [0.717, 1.165) is 29.5 Å². The zero-order valence-electron chi connectivity index (χ0n) is 22.4. The van der Waals surface area contributed by atoms with Crippen LogP contribution >= 0.6 is 0 Å². The van der Waals surface area contributed by atoms with Crippen molar-refractivity contribution in [3.63, 3.8) is 0 Å². The number of fused-ring (bicyclic) bond motifs is 2. The summed E-state index contributed by atoms with van der Waals surface area (Å²) in [5.41, 5.74) is 3.73. The number of benzene rings is 2. The molecular weight excluding hydrogens is 452 g/mol. The van der Waals surface area contributed by atoms with Crippen molar-refractivity contribution in [2.75, 3.05) is 25.2 Å². The van der Waals surface area contributed by atoms with Crippen LogP contribution < -0.4 is 10.2 Å². The second-order valence-corrected chi connectivity index (χ2v) is 9.39. The van der Waals surface area contributed by atoms with Crippen LogP contribution in [-0.4, -0.2) is 42.3 Å².